The first-order chi connectivity index (χ1) is 16.6. The van der Waals surface area contributed by atoms with Gasteiger partial charge in [-0.05, 0) is 48.9 Å². The second kappa shape index (κ2) is 9.79. The van der Waals surface area contributed by atoms with Gasteiger partial charge in [-0.1, -0.05) is 65.8 Å². The van der Waals surface area contributed by atoms with E-state index in [-0.39, 0.29) is 11.9 Å². The van der Waals surface area contributed by atoms with Crippen molar-refractivity contribution >= 4 is 35.0 Å². The Labute approximate surface area is 206 Å². The molecule has 1 amide bonds. The summed E-state index contributed by atoms with van der Waals surface area (Å²) in [7, 11) is 0. The third-order valence-electron chi connectivity index (χ3n) is 5.39. The predicted molar refractivity (Wildman–Crippen MR) is 135 cm³/mol. The zero-order valence-electron chi connectivity index (χ0n) is 18.3. The van der Waals surface area contributed by atoms with Crippen LogP contribution in [0, 0.1) is 0 Å². The van der Waals surface area contributed by atoms with E-state index in [0.29, 0.717) is 28.3 Å². The Bertz CT molecular complexity index is 1280. The smallest absolute Gasteiger partial charge is 0.240 e. The second-order valence-electron chi connectivity index (χ2n) is 7.65. The summed E-state index contributed by atoms with van der Waals surface area (Å²) in [5.74, 6) is 1.30. The average molecular weight is 492 g/mol. The molecule has 9 heteroatoms. The van der Waals surface area contributed by atoms with Gasteiger partial charge in [0.1, 0.15) is 11.0 Å². The highest BCUT2D eigenvalue weighted by Gasteiger charge is 2.38. The number of amides is 1. The zero-order valence-corrected chi connectivity index (χ0v) is 19.9. The summed E-state index contributed by atoms with van der Waals surface area (Å²) < 4.78 is 7.34. The van der Waals surface area contributed by atoms with Gasteiger partial charge in [0.15, 0.2) is 5.82 Å². The number of carbonyl (C=O) groups is 1. The van der Waals surface area contributed by atoms with Crippen molar-refractivity contribution in [2.45, 2.75) is 23.4 Å². The van der Waals surface area contributed by atoms with Crippen LogP contribution in [0.2, 0.25) is 5.02 Å². The number of benzene rings is 3. The first-order valence-electron chi connectivity index (χ1n) is 10.9. The molecule has 172 valence electrons. The number of nitrogens with zero attached hydrogens (tertiary/aromatic N) is 3. The normalized spacial score (nSPS) is 16.9. The number of hydrogen-bond acceptors (Lipinski definition) is 6. The van der Waals surface area contributed by atoms with Crippen molar-refractivity contribution in [3.8, 4) is 17.1 Å². The monoisotopic (exact) mass is 491 g/mol. The van der Waals surface area contributed by atoms with Crippen LogP contribution < -0.4 is 15.5 Å². The summed E-state index contributed by atoms with van der Waals surface area (Å²) in [6.07, 6.45) is 0. The van der Waals surface area contributed by atoms with Gasteiger partial charge in [-0.25, -0.2) is 4.68 Å². The zero-order chi connectivity index (χ0) is 23.5. The topological polar surface area (TPSA) is 81.1 Å². The van der Waals surface area contributed by atoms with Gasteiger partial charge in [0.2, 0.25) is 11.1 Å². The van der Waals surface area contributed by atoms with Crippen LogP contribution in [0.5, 0.6) is 5.75 Å². The lowest BCUT2D eigenvalue weighted by atomic mass is 10.0. The van der Waals surface area contributed by atoms with Crippen molar-refractivity contribution < 1.29 is 9.53 Å². The van der Waals surface area contributed by atoms with E-state index in [2.05, 4.69) is 20.9 Å². The number of ether oxygens (including phenoxy) is 1. The molecule has 0 unspecified atom stereocenters. The molecule has 0 saturated carbocycles. The Morgan fingerprint density at radius 1 is 1.06 bits per heavy atom. The van der Waals surface area contributed by atoms with Crippen LogP contribution >= 0.6 is 23.4 Å². The van der Waals surface area contributed by atoms with Crippen molar-refractivity contribution in [2.24, 2.45) is 0 Å². The molecular weight excluding hydrogens is 470 g/mol. The van der Waals surface area contributed by atoms with E-state index in [9.17, 15) is 4.79 Å². The summed E-state index contributed by atoms with van der Waals surface area (Å²) in [6, 6.07) is 24.3. The molecule has 1 aliphatic rings. The van der Waals surface area contributed by atoms with Crippen LogP contribution in [-0.4, -0.2) is 32.6 Å². The molecule has 0 spiro atoms. The molecule has 7 nitrogen and oxygen atoms in total. The number of anilines is 1. The van der Waals surface area contributed by atoms with E-state index in [0.717, 1.165) is 16.9 Å². The molecule has 2 N–H and O–H groups in total. The molecule has 2 heterocycles. The summed E-state index contributed by atoms with van der Waals surface area (Å²) in [6.45, 7) is 2.52. The fourth-order valence-electron chi connectivity index (χ4n) is 3.76. The van der Waals surface area contributed by atoms with E-state index < -0.39 is 5.25 Å². The number of fused-ring (bicyclic) bond motifs is 1. The van der Waals surface area contributed by atoms with Crippen LogP contribution in [-0.2, 0) is 4.79 Å². The molecule has 5 rings (SSSR count). The average Bonchev–Trinajstić information content (AvgIpc) is 3.29. The molecule has 2 atom stereocenters. The Morgan fingerprint density at radius 2 is 1.79 bits per heavy atom. The number of nitrogens with one attached hydrogen (secondary N) is 2. The van der Waals surface area contributed by atoms with Crippen LogP contribution in [0.1, 0.15) is 18.5 Å². The van der Waals surface area contributed by atoms with Gasteiger partial charge in [0.05, 0.1) is 12.6 Å². The minimum absolute atomic E-state index is 0.142. The number of carbonyl (C=O) groups excluding carboxylic acids is 1. The molecule has 0 bridgehead atoms. The third-order valence-corrected chi connectivity index (χ3v) is 6.86. The molecule has 0 fully saturated rings. The number of thioether (sulfide) groups is 1. The van der Waals surface area contributed by atoms with E-state index in [1.54, 1.807) is 0 Å². The first-order valence-corrected chi connectivity index (χ1v) is 12.1. The van der Waals surface area contributed by atoms with E-state index in [1.165, 1.54) is 11.8 Å². The Balaban J connectivity index is 1.46. The number of hydrogen-bond donors (Lipinski definition) is 2. The van der Waals surface area contributed by atoms with E-state index >= 15 is 0 Å². The fraction of sp³-hybridized carbons (Fsp3) is 0.160. The van der Waals surface area contributed by atoms with E-state index in [1.807, 2.05) is 90.5 Å². The summed E-state index contributed by atoms with van der Waals surface area (Å²) in [5, 5.41) is 12.5. The minimum atomic E-state index is -0.493. The highest BCUT2D eigenvalue weighted by atomic mass is 35.5. The molecule has 0 aliphatic carbocycles. The van der Waals surface area contributed by atoms with Crippen molar-refractivity contribution in [1.82, 2.24) is 14.9 Å². The van der Waals surface area contributed by atoms with Gasteiger partial charge in [-0.3, -0.25) is 4.79 Å². The van der Waals surface area contributed by atoms with Crippen molar-refractivity contribution in [3.63, 3.8) is 0 Å². The highest BCUT2D eigenvalue weighted by Crippen LogP contribution is 2.39. The molecule has 4 aromatic rings. The molecule has 34 heavy (non-hydrogen) atoms. The van der Waals surface area contributed by atoms with Gasteiger partial charge in [-0.15, -0.1) is 10.2 Å². The second-order valence-corrected chi connectivity index (χ2v) is 9.20. The number of aromatic nitrogens is 3. The number of halogens is 1. The van der Waals surface area contributed by atoms with E-state index in [4.69, 9.17) is 16.3 Å². The maximum absolute atomic E-state index is 13.4. The maximum atomic E-state index is 13.4. The highest BCUT2D eigenvalue weighted by molar-refractivity contribution is 8.00. The Hall–Kier alpha value is -3.49. The van der Waals surface area contributed by atoms with Gasteiger partial charge in [-0.2, -0.15) is 0 Å². The van der Waals surface area contributed by atoms with Gasteiger partial charge >= 0.3 is 0 Å². The largest absolute Gasteiger partial charge is 0.494 e. The van der Waals surface area contributed by atoms with Crippen molar-refractivity contribution in [2.75, 3.05) is 17.3 Å². The molecule has 3 aromatic carbocycles. The predicted octanol–water partition coefficient (Wildman–Crippen LogP) is 5.40. The minimum Gasteiger partial charge on any atom is -0.494 e. The van der Waals surface area contributed by atoms with Crippen LogP contribution in [0.15, 0.2) is 84.0 Å². The molecule has 0 radical (unpaired) electrons. The quantitative estimate of drug-likeness (QED) is 0.376. The molecule has 0 saturated heterocycles. The standard InChI is InChI=1S/C25H22ClN5O2S/c1-2-33-20-14-12-19(13-15-20)27-24(32)22-21(16-8-10-18(26)11-9-16)30-31-23(28-29-25(31)34-22)17-6-4-3-5-7-17/h3-15,21-22,30H,2H2,1H3,(H,27,32)/t21-,22+/m1/s1. The van der Waals surface area contributed by atoms with Crippen molar-refractivity contribution in [3.05, 3.63) is 89.4 Å². The van der Waals surface area contributed by atoms with Gasteiger partial charge in [0.25, 0.3) is 0 Å². The molecule has 1 aliphatic heterocycles. The van der Waals surface area contributed by atoms with Crippen molar-refractivity contribution in [1.29, 1.82) is 0 Å². The molecular formula is C25H22ClN5O2S. The molecule has 1 aromatic heterocycles. The Kier molecular flexibility index (Phi) is 6.42. The van der Waals surface area contributed by atoms with Gasteiger partial charge < -0.3 is 15.5 Å². The summed E-state index contributed by atoms with van der Waals surface area (Å²) in [5.41, 5.74) is 6.03. The maximum Gasteiger partial charge on any atom is 0.240 e. The Morgan fingerprint density at radius 3 is 2.50 bits per heavy atom. The third kappa shape index (κ3) is 4.60. The lowest BCUT2D eigenvalue weighted by Gasteiger charge is -2.33. The SMILES string of the molecule is CCOc1ccc(NC(=O)[C@H]2Sc3nnc(-c4ccccc4)n3N[C@@H]2c2ccc(Cl)cc2)cc1. The van der Waals surface area contributed by atoms with Gasteiger partial charge in [0, 0.05) is 16.3 Å². The van der Waals surface area contributed by atoms with Crippen LogP contribution in [0.25, 0.3) is 11.4 Å². The summed E-state index contributed by atoms with van der Waals surface area (Å²) in [4.78, 5) is 13.4. The summed E-state index contributed by atoms with van der Waals surface area (Å²) >= 11 is 7.50. The fourth-order valence-corrected chi connectivity index (χ4v) is 4.97. The lowest BCUT2D eigenvalue weighted by Crippen LogP contribution is -2.41. The lowest BCUT2D eigenvalue weighted by molar-refractivity contribution is -0.116. The first kappa shape index (κ1) is 22.3. The van der Waals surface area contributed by atoms with Crippen LogP contribution in [0.3, 0.4) is 0 Å². The number of rotatable bonds is 6. The van der Waals surface area contributed by atoms with Crippen LogP contribution in [0.4, 0.5) is 5.69 Å².